The normalized spacial score (nSPS) is 13.6. The molecule has 5 nitrogen and oxygen atoms in total. The average molecular weight is 348 g/mol. The van der Waals surface area contributed by atoms with Gasteiger partial charge in [-0.2, -0.15) is 0 Å². The molecule has 0 amide bonds. The number of aliphatic imine (C=N–C) groups is 1. The van der Waals surface area contributed by atoms with Gasteiger partial charge in [0, 0.05) is 12.3 Å². The lowest BCUT2D eigenvalue weighted by Gasteiger charge is -2.04. The number of hydrogen-bond donors (Lipinski definition) is 2. The van der Waals surface area contributed by atoms with Crippen molar-refractivity contribution in [1.29, 1.82) is 0 Å². The van der Waals surface area contributed by atoms with Gasteiger partial charge >= 0.3 is 0 Å². The quantitative estimate of drug-likeness (QED) is 0.477. The van der Waals surface area contributed by atoms with Crippen molar-refractivity contribution in [1.82, 2.24) is 4.98 Å². The van der Waals surface area contributed by atoms with Gasteiger partial charge in [0.2, 0.25) is 5.88 Å². The summed E-state index contributed by atoms with van der Waals surface area (Å²) >= 11 is 0. The summed E-state index contributed by atoms with van der Waals surface area (Å²) in [4.78, 5) is 8.08. The predicted octanol–water partition coefficient (Wildman–Crippen LogP) is 1.26. The molecule has 4 N–H and O–H groups in total. The van der Waals surface area contributed by atoms with Gasteiger partial charge in [-0.15, -0.1) is 24.0 Å². The highest BCUT2D eigenvalue weighted by molar-refractivity contribution is 14.0. The first kappa shape index (κ1) is 14.0. The largest absolute Gasteiger partial charge is 0.477 e. The molecule has 0 spiro atoms. The van der Waals surface area contributed by atoms with Crippen molar-refractivity contribution < 1.29 is 4.74 Å². The number of pyridine rings is 1. The van der Waals surface area contributed by atoms with E-state index in [0.717, 1.165) is 18.1 Å². The summed E-state index contributed by atoms with van der Waals surface area (Å²) in [6.07, 6.45) is 4.29. The minimum atomic E-state index is 0. The molecule has 6 heteroatoms. The minimum Gasteiger partial charge on any atom is -0.477 e. The summed E-state index contributed by atoms with van der Waals surface area (Å²) in [5, 5.41) is 0. The van der Waals surface area contributed by atoms with Crippen molar-refractivity contribution in [2.24, 2.45) is 22.4 Å². The number of nitrogens with two attached hydrogens (primary N) is 2. The number of rotatable bonds is 5. The Morgan fingerprint density at radius 2 is 2.18 bits per heavy atom. The third-order valence-corrected chi connectivity index (χ3v) is 2.41. The molecule has 94 valence electrons. The zero-order valence-electron chi connectivity index (χ0n) is 9.50. The van der Waals surface area contributed by atoms with Crippen LogP contribution in [0.5, 0.6) is 5.88 Å². The van der Waals surface area contributed by atoms with Crippen LogP contribution in [0.4, 0.5) is 0 Å². The maximum Gasteiger partial charge on any atom is 0.213 e. The molecule has 0 aromatic carbocycles. The van der Waals surface area contributed by atoms with E-state index in [1.54, 1.807) is 6.20 Å². The summed E-state index contributed by atoms with van der Waals surface area (Å²) in [5.74, 6) is 1.50. The lowest BCUT2D eigenvalue weighted by molar-refractivity contribution is 0.288. The molecule has 1 aromatic heterocycles. The third-order valence-electron chi connectivity index (χ3n) is 2.41. The molecule has 1 saturated carbocycles. The number of halogens is 1. The van der Waals surface area contributed by atoms with Gasteiger partial charge in [-0.25, -0.2) is 9.98 Å². The molecule has 1 aromatic rings. The molecule has 1 aliphatic carbocycles. The molecule has 1 heterocycles. The van der Waals surface area contributed by atoms with Crippen molar-refractivity contribution >= 4 is 29.9 Å². The molecule has 2 rings (SSSR count). The highest BCUT2D eigenvalue weighted by Crippen LogP contribution is 2.29. The zero-order valence-corrected chi connectivity index (χ0v) is 11.8. The van der Waals surface area contributed by atoms with Gasteiger partial charge in [0.1, 0.15) is 0 Å². The molecule has 0 bridgehead atoms. The first-order chi connectivity index (χ1) is 7.74. The summed E-state index contributed by atoms with van der Waals surface area (Å²) in [6, 6.07) is 3.77. The summed E-state index contributed by atoms with van der Waals surface area (Å²) in [7, 11) is 0. The van der Waals surface area contributed by atoms with Crippen LogP contribution in [0.1, 0.15) is 18.4 Å². The van der Waals surface area contributed by atoms with Gasteiger partial charge in [-0.05, 0) is 24.3 Å². The second-order valence-electron chi connectivity index (χ2n) is 4.00. The van der Waals surface area contributed by atoms with Crippen molar-refractivity contribution in [3.05, 3.63) is 23.9 Å². The number of ether oxygens (including phenoxy) is 1. The van der Waals surface area contributed by atoms with Gasteiger partial charge in [-0.3, -0.25) is 0 Å². The van der Waals surface area contributed by atoms with Crippen molar-refractivity contribution in [3.63, 3.8) is 0 Å². The Hall–Kier alpha value is -1.05. The molecule has 0 unspecified atom stereocenters. The van der Waals surface area contributed by atoms with Gasteiger partial charge in [0.05, 0.1) is 13.2 Å². The summed E-state index contributed by atoms with van der Waals surface area (Å²) < 4.78 is 5.51. The van der Waals surface area contributed by atoms with Crippen molar-refractivity contribution in [2.45, 2.75) is 19.4 Å². The van der Waals surface area contributed by atoms with Crippen LogP contribution in [0.25, 0.3) is 0 Å². The van der Waals surface area contributed by atoms with E-state index in [1.165, 1.54) is 12.8 Å². The summed E-state index contributed by atoms with van der Waals surface area (Å²) in [5.41, 5.74) is 11.4. The molecular weight excluding hydrogens is 331 g/mol. The Balaban J connectivity index is 0.00000144. The van der Waals surface area contributed by atoms with E-state index in [-0.39, 0.29) is 29.9 Å². The Morgan fingerprint density at radius 3 is 2.71 bits per heavy atom. The highest BCUT2D eigenvalue weighted by atomic mass is 127. The SMILES string of the molecule is I.NC(N)=NCc1ccc(OCC2CC2)nc1. The molecular formula is C11H17IN4O. The number of guanidine groups is 1. The van der Waals surface area contributed by atoms with Crippen molar-refractivity contribution in [3.8, 4) is 5.88 Å². The Labute approximate surface area is 118 Å². The van der Waals surface area contributed by atoms with Crippen LogP contribution in [-0.4, -0.2) is 17.6 Å². The monoisotopic (exact) mass is 348 g/mol. The standard InChI is InChI=1S/C11H16N4O.HI/c12-11(13)15-6-9-3-4-10(14-5-9)16-7-8-1-2-8;/h3-5,8H,1-2,6-7H2,(H4,12,13,15);1H. The van der Waals surface area contributed by atoms with Crippen molar-refractivity contribution in [2.75, 3.05) is 6.61 Å². The topological polar surface area (TPSA) is 86.5 Å². The fraction of sp³-hybridized carbons (Fsp3) is 0.455. The van der Waals surface area contributed by atoms with E-state index in [9.17, 15) is 0 Å². The fourth-order valence-electron chi connectivity index (χ4n) is 1.26. The smallest absolute Gasteiger partial charge is 0.213 e. The van der Waals surface area contributed by atoms with Crippen LogP contribution >= 0.6 is 24.0 Å². The average Bonchev–Trinajstić information content (AvgIpc) is 3.09. The van der Waals surface area contributed by atoms with E-state index in [2.05, 4.69) is 9.98 Å². The lowest BCUT2D eigenvalue weighted by atomic mass is 10.3. The Morgan fingerprint density at radius 1 is 1.41 bits per heavy atom. The maximum atomic E-state index is 5.51. The first-order valence-corrected chi connectivity index (χ1v) is 5.37. The number of hydrogen-bond acceptors (Lipinski definition) is 3. The van der Waals surface area contributed by atoms with Gasteiger partial charge in [0.15, 0.2) is 5.96 Å². The molecule has 0 atom stereocenters. The Bertz CT molecular complexity index is 372. The highest BCUT2D eigenvalue weighted by Gasteiger charge is 2.21. The number of aromatic nitrogens is 1. The van der Waals surface area contributed by atoms with Crippen LogP contribution in [0.15, 0.2) is 23.3 Å². The molecule has 0 radical (unpaired) electrons. The van der Waals surface area contributed by atoms with Crippen LogP contribution in [0.2, 0.25) is 0 Å². The predicted molar refractivity (Wildman–Crippen MR) is 77.4 cm³/mol. The molecule has 1 aliphatic rings. The fourth-order valence-corrected chi connectivity index (χ4v) is 1.26. The molecule has 1 fully saturated rings. The van der Waals surface area contributed by atoms with Gasteiger partial charge in [-0.1, -0.05) is 6.07 Å². The van der Waals surface area contributed by atoms with E-state index in [0.29, 0.717) is 12.4 Å². The van der Waals surface area contributed by atoms with Crippen LogP contribution in [-0.2, 0) is 6.54 Å². The minimum absolute atomic E-state index is 0. The lowest BCUT2D eigenvalue weighted by Crippen LogP contribution is -2.22. The summed E-state index contributed by atoms with van der Waals surface area (Å²) in [6.45, 7) is 1.23. The van der Waals surface area contributed by atoms with Gasteiger partial charge < -0.3 is 16.2 Å². The zero-order chi connectivity index (χ0) is 11.4. The maximum absolute atomic E-state index is 5.51. The molecule has 17 heavy (non-hydrogen) atoms. The van der Waals surface area contributed by atoms with Crippen LogP contribution in [0.3, 0.4) is 0 Å². The van der Waals surface area contributed by atoms with Crippen LogP contribution < -0.4 is 16.2 Å². The van der Waals surface area contributed by atoms with Gasteiger partial charge in [0.25, 0.3) is 0 Å². The number of nitrogens with zero attached hydrogens (tertiary/aromatic N) is 2. The van der Waals surface area contributed by atoms with Crippen LogP contribution in [0, 0.1) is 5.92 Å². The molecule has 0 saturated heterocycles. The third kappa shape index (κ3) is 5.20. The second kappa shape index (κ2) is 6.63. The van der Waals surface area contributed by atoms with E-state index in [4.69, 9.17) is 16.2 Å². The Kier molecular flexibility index (Phi) is 5.46. The molecule has 0 aliphatic heterocycles. The second-order valence-corrected chi connectivity index (χ2v) is 4.00. The van der Waals surface area contributed by atoms with E-state index >= 15 is 0 Å². The first-order valence-electron chi connectivity index (χ1n) is 5.37. The van der Waals surface area contributed by atoms with E-state index < -0.39 is 0 Å². The van der Waals surface area contributed by atoms with E-state index in [1.807, 2.05) is 12.1 Å².